The van der Waals surface area contributed by atoms with E-state index in [-0.39, 0.29) is 37.0 Å². The van der Waals surface area contributed by atoms with Gasteiger partial charge in [-0.25, -0.2) is 18.6 Å². The van der Waals surface area contributed by atoms with Gasteiger partial charge in [-0.05, 0) is 58.5 Å². The number of thiophene rings is 1. The number of nitrogens with zero attached hydrogens (tertiary/aromatic N) is 2. The predicted octanol–water partition coefficient (Wildman–Crippen LogP) is 4.69. The highest BCUT2D eigenvalue weighted by atomic mass is 32.2. The lowest BCUT2D eigenvalue weighted by Gasteiger charge is -2.14. The number of hydrogen-bond acceptors (Lipinski definition) is 7. The van der Waals surface area contributed by atoms with Crippen LogP contribution in [0.5, 0.6) is 0 Å². The Hall–Kier alpha value is -3.48. The molecule has 3 aromatic rings. The van der Waals surface area contributed by atoms with Crippen LogP contribution in [0.25, 0.3) is 17.2 Å². The van der Waals surface area contributed by atoms with Gasteiger partial charge in [0.05, 0.1) is 4.91 Å². The fourth-order valence-corrected chi connectivity index (χ4v) is 5.50. The number of carboxylic acid groups (broad SMARTS) is 1. The molecule has 0 spiro atoms. The zero-order valence-corrected chi connectivity index (χ0v) is 20.8. The van der Waals surface area contributed by atoms with Crippen molar-refractivity contribution in [2.45, 2.75) is 13.0 Å². The molecular weight excluding hydrogens is 528 g/mol. The first-order chi connectivity index (χ1) is 17.2. The van der Waals surface area contributed by atoms with Crippen LogP contribution in [0.2, 0.25) is 0 Å². The van der Waals surface area contributed by atoms with E-state index < -0.39 is 17.6 Å². The number of aromatic carboxylic acids is 1. The second kappa shape index (κ2) is 11.1. The summed E-state index contributed by atoms with van der Waals surface area (Å²) in [6, 6.07) is 8.40. The number of carbonyl (C=O) groups excluding carboxylic acids is 2. The van der Waals surface area contributed by atoms with Gasteiger partial charge in [0.25, 0.3) is 5.91 Å². The minimum atomic E-state index is -1.16. The molecule has 0 aliphatic carbocycles. The van der Waals surface area contributed by atoms with E-state index >= 15 is 0 Å². The fraction of sp³-hybridized carbons (Fsp3) is 0.125. The number of nitrogens with one attached hydrogen (secondary N) is 1. The second-order valence-electron chi connectivity index (χ2n) is 7.58. The lowest BCUT2D eigenvalue weighted by molar-refractivity contribution is -0.123. The largest absolute Gasteiger partial charge is 0.477 e. The lowest BCUT2D eigenvalue weighted by atomic mass is 10.1. The molecule has 1 aliphatic rings. The molecule has 3 heterocycles. The Bertz CT molecular complexity index is 1410. The van der Waals surface area contributed by atoms with Gasteiger partial charge in [-0.2, -0.15) is 0 Å². The number of thioether (sulfide) groups is 1. The quantitative estimate of drug-likeness (QED) is 0.313. The lowest BCUT2D eigenvalue weighted by Crippen LogP contribution is -2.33. The third-order valence-corrected chi connectivity index (χ3v) is 7.37. The van der Waals surface area contributed by atoms with Crippen molar-refractivity contribution in [1.82, 2.24) is 15.2 Å². The summed E-state index contributed by atoms with van der Waals surface area (Å²) in [4.78, 5) is 42.3. The number of halogens is 2. The molecule has 0 atom stereocenters. The maximum atomic E-state index is 13.5. The van der Waals surface area contributed by atoms with Crippen molar-refractivity contribution in [2.75, 3.05) is 6.54 Å². The van der Waals surface area contributed by atoms with E-state index in [9.17, 15) is 23.2 Å². The Morgan fingerprint density at radius 1 is 1.14 bits per heavy atom. The normalized spacial score (nSPS) is 14.5. The number of pyridine rings is 1. The van der Waals surface area contributed by atoms with Crippen LogP contribution < -0.4 is 5.32 Å². The topological polar surface area (TPSA) is 99.6 Å². The molecular formula is C24H17F2N3O4S3. The maximum absolute atomic E-state index is 13.5. The molecule has 1 saturated heterocycles. The number of thiocarbonyl (C=S) groups is 1. The van der Waals surface area contributed by atoms with Gasteiger partial charge in [0.2, 0.25) is 5.91 Å². The van der Waals surface area contributed by atoms with Gasteiger partial charge in [0.15, 0.2) is 11.6 Å². The zero-order chi connectivity index (χ0) is 25.8. The third-order valence-electron chi connectivity index (χ3n) is 5.12. The number of rotatable bonds is 8. The van der Waals surface area contributed by atoms with Gasteiger partial charge >= 0.3 is 5.97 Å². The summed E-state index contributed by atoms with van der Waals surface area (Å²) in [5.41, 5.74) is 1.69. The van der Waals surface area contributed by atoms with Gasteiger partial charge < -0.3 is 10.4 Å². The van der Waals surface area contributed by atoms with Gasteiger partial charge in [0.1, 0.15) is 10.0 Å². The van der Waals surface area contributed by atoms with Crippen molar-refractivity contribution in [3.05, 3.63) is 80.6 Å². The monoisotopic (exact) mass is 545 g/mol. The van der Waals surface area contributed by atoms with Gasteiger partial charge in [0, 0.05) is 30.6 Å². The molecule has 1 aliphatic heterocycles. The summed E-state index contributed by atoms with van der Waals surface area (Å²) in [6.07, 6.45) is 3.04. The van der Waals surface area contributed by atoms with E-state index in [1.807, 2.05) is 0 Å². The fourth-order valence-electron chi connectivity index (χ4n) is 3.28. The number of amides is 2. The van der Waals surface area contributed by atoms with E-state index in [0.717, 1.165) is 28.8 Å². The summed E-state index contributed by atoms with van der Waals surface area (Å²) in [6.45, 7) is 0.216. The highest BCUT2D eigenvalue weighted by Crippen LogP contribution is 2.35. The van der Waals surface area contributed by atoms with Crippen molar-refractivity contribution in [2.24, 2.45) is 0 Å². The smallest absolute Gasteiger partial charge is 0.354 e. The predicted molar refractivity (Wildman–Crippen MR) is 137 cm³/mol. The van der Waals surface area contributed by atoms with Crippen LogP contribution in [0.3, 0.4) is 0 Å². The molecule has 184 valence electrons. The zero-order valence-electron chi connectivity index (χ0n) is 18.4. The van der Waals surface area contributed by atoms with Crippen molar-refractivity contribution >= 4 is 63.5 Å². The number of carbonyl (C=O) groups is 3. The summed E-state index contributed by atoms with van der Waals surface area (Å²) >= 11 is 7.78. The minimum absolute atomic E-state index is 0.00979. The van der Waals surface area contributed by atoms with Crippen LogP contribution in [0.1, 0.15) is 27.3 Å². The summed E-state index contributed by atoms with van der Waals surface area (Å²) in [7, 11) is 0. The van der Waals surface area contributed by atoms with Gasteiger partial charge in [-0.15, -0.1) is 11.3 Å². The molecule has 0 saturated carbocycles. The molecule has 12 heteroatoms. The summed E-state index contributed by atoms with van der Waals surface area (Å²) < 4.78 is 27.1. The maximum Gasteiger partial charge on any atom is 0.354 e. The Labute approximate surface area is 217 Å². The van der Waals surface area contributed by atoms with Crippen LogP contribution >= 0.6 is 35.3 Å². The summed E-state index contributed by atoms with van der Waals surface area (Å²) in [5.74, 6) is -3.65. The van der Waals surface area contributed by atoms with E-state index in [0.29, 0.717) is 25.9 Å². The first kappa shape index (κ1) is 25.6. The molecule has 2 aromatic heterocycles. The highest BCUT2D eigenvalue weighted by Gasteiger charge is 2.32. The Balaban J connectivity index is 1.34. The van der Waals surface area contributed by atoms with E-state index in [4.69, 9.17) is 17.3 Å². The molecule has 0 radical (unpaired) electrons. The van der Waals surface area contributed by atoms with E-state index in [2.05, 4.69) is 10.3 Å². The van der Waals surface area contributed by atoms with E-state index in [1.165, 1.54) is 34.6 Å². The average molecular weight is 546 g/mol. The minimum Gasteiger partial charge on any atom is -0.477 e. The molecule has 0 unspecified atom stereocenters. The molecule has 2 amide bonds. The molecule has 4 rings (SSSR count). The molecule has 7 nitrogen and oxygen atoms in total. The molecule has 2 N–H and O–H groups in total. The SMILES string of the molecule is O=C(CCN1C(=O)/C(=C/c2cc(-c3ccc(F)c(F)c3)cs2)SC1=S)NCc1ccnc(C(=O)O)c1. The Morgan fingerprint density at radius 3 is 2.69 bits per heavy atom. The molecule has 1 fully saturated rings. The molecule has 1 aromatic carbocycles. The van der Waals surface area contributed by atoms with Crippen molar-refractivity contribution in [3.63, 3.8) is 0 Å². The third kappa shape index (κ3) is 6.01. The van der Waals surface area contributed by atoms with Crippen LogP contribution in [0, 0.1) is 11.6 Å². The Kier molecular flexibility index (Phi) is 7.87. The first-order valence-corrected chi connectivity index (χ1v) is 12.6. The van der Waals surface area contributed by atoms with Crippen LogP contribution in [-0.4, -0.2) is 43.6 Å². The van der Waals surface area contributed by atoms with Crippen molar-refractivity contribution in [3.8, 4) is 11.1 Å². The van der Waals surface area contributed by atoms with Crippen LogP contribution in [0.15, 0.2) is 52.9 Å². The number of benzene rings is 1. The van der Waals surface area contributed by atoms with Gasteiger partial charge in [-0.3, -0.25) is 14.5 Å². The Morgan fingerprint density at radius 2 is 1.94 bits per heavy atom. The van der Waals surface area contributed by atoms with Crippen LogP contribution in [0.4, 0.5) is 8.78 Å². The second-order valence-corrected chi connectivity index (χ2v) is 10.2. The highest BCUT2D eigenvalue weighted by molar-refractivity contribution is 8.26. The average Bonchev–Trinajstić information content (AvgIpc) is 3.42. The van der Waals surface area contributed by atoms with Crippen molar-refractivity contribution in [1.29, 1.82) is 0 Å². The van der Waals surface area contributed by atoms with E-state index in [1.54, 1.807) is 23.6 Å². The van der Waals surface area contributed by atoms with Crippen LogP contribution in [-0.2, 0) is 16.1 Å². The standard InChI is InChI=1S/C24H17F2N3O4S3/c25-17-2-1-14(9-18(17)26)15-8-16(35-12-15)10-20-22(31)29(24(34)36-20)6-4-21(30)28-11-13-3-5-27-19(7-13)23(32)33/h1-3,5,7-10,12H,4,6,11H2,(H,28,30)(H,32,33)/b20-10-. The number of aromatic nitrogens is 1. The number of carboxylic acids is 1. The number of hydrogen-bond donors (Lipinski definition) is 2. The van der Waals surface area contributed by atoms with Gasteiger partial charge in [-0.1, -0.05) is 30.0 Å². The summed E-state index contributed by atoms with van der Waals surface area (Å²) in [5, 5.41) is 13.5. The first-order valence-electron chi connectivity index (χ1n) is 10.5. The molecule has 0 bridgehead atoms. The van der Waals surface area contributed by atoms with Crippen molar-refractivity contribution < 1.29 is 28.3 Å². The molecule has 36 heavy (non-hydrogen) atoms.